The zero-order chi connectivity index (χ0) is 16.8. The quantitative estimate of drug-likeness (QED) is 0.749. The molecule has 0 saturated carbocycles. The van der Waals surface area contributed by atoms with E-state index in [2.05, 4.69) is 22.3 Å². The molecule has 0 aromatic heterocycles. The molecule has 1 fully saturated rings. The van der Waals surface area contributed by atoms with Gasteiger partial charge in [-0.1, -0.05) is 19.1 Å². The van der Waals surface area contributed by atoms with Crippen LogP contribution >= 0.6 is 24.8 Å². The number of nitrogens with one attached hydrogen (secondary N) is 1. The summed E-state index contributed by atoms with van der Waals surface area (Å²) in [5, 5.41) is 3.08. The van der Waals surface area contributed by atoms with Crippen molar-refractivity contribution < 1.29 is 9.53 Å². The molecule has 7 heteroatoms. The van der Waals surface area contributed by atoms with Crippen LogP contribution in [0.4, 0.5) is 0 Å². The fourth-order valence-electron chi connectivity index (χ4n) is 2.93. The number of nitrogens with zero attached hydrogens (tertiary/aromatic N) is 1. The average Bonchev–Trinajstić information content (AvgIpc) is 3.08. The van der Waals surface area contributed by atoms with Gasteiger partial charge < -0.3 is 15.8 Å². The maximum atomic E-state index is 12.2. The van der Waals surface area contributed by atoms with Crippen LogP contribution in [0.5, 0.6) is 5.75 Å². The number of rotatable bonds is 7. The second kappa shape index (κ2) is 11.6. The van der Waals surface area contributed by atoms with Gasteiger partial charge in [-0.25, -0.2) is 0 Å². The fraction of sp³-hybridized carbons (Fsp3) is 0.611. The minimum Gasteiger partial charge on any atom is -0.497 e. The van der Waals surface area contributed by atoms with Gasteiger partial charge in [-0.2, -0.15) is 0 Å². The summed E-state index contributed by atoms with van der Waals surface area (Å²) in [6.07, 6.45) is 2.44. The number of hydrogen-bond donors (Lipinski definition) is 2. The van der Waals surface area contributed by atoms with Crippen molar-refractivity contribution in [3.05, 3.63) is 29.8 Å². The lowest BCUT2D eigenvalue weighted by Gasteiger charge is -2.29. The molecule has 144 valence electrons. The van der Waals surface area contributed by atoms with Crippen molar-refractivity contribution in [1.29, 1.82) is 0 Å². The fourth-order valence-corrected chi connectivity index (χ4v) is 2.93. The Balaban J connectivity index is 0.00000288. The highest BCUT2D eigenvalue weighted by Crippen LogP contribution is 2.26. The number of methoxy groups -OCH3 is 1. The Hall–Kier alpha value is -1.01. The minimum atomic E-state index is -0.176. The Morgan fingerprint density at radius 1 is 1.20 bits per heavy atom. The molecule has 5 nitrogen and oxygen atoms in total. The number of halogens is 2. The van der Waals surface area contributed by atoms with E-state index in [0.717, 1.165) is 18.8 Å². The first-order chi connectivity index (χ1) is 11.0. The van der Waals surface area contributed by atoms with Gasteiger partial charge in [0.2, 0.25) is 5.91 Å². The van der Waals surface area contributed by atoms with E-state index in [9.17, 15) is 4.79 Å². The van der Waals surface area contributed by atoms with E-state index in [4.69, 9.17) is 10.5 Å². The number of benzene rings is 1. The lowest BCUT2D eigenvalue weighted by molar-refractivity contribution is -0.125. The molecule has 1 aromatic rings. The molecule has 2 rings (SSSR count). The molecule has 3 unspecified atom stereocenters. The van der Waals surface area contributed by atoms with Gasteiger partial charge in [-0.05, 0) is 50.6 Å². The number of carbonyl (C=O) groups excluding carboxylic acids is 1. The highest BCUT2D eigenvalue weighted by Gasteiger charge is 2.25. The van der Waals surface area contributed by atoms with E-state index in [1.807, 2.05) is 26.0 Å². The van der Waals surface area contributed by atoms with Crippen LogP contribution in [0.15, 0.2) is 24.3 Å². The van der Waals surface area contributed by atoms with Crippen molar-refractivity contribution in [2.24, 2.45) is 11.7 Å². The predicted octanol–water partition coefficient (Wildman–Crippen LogP) is 2.78. The van der Waals surface area contributed by atoms with E-state index in [0.29, 0.717) is 6.54 Å². The molecule has 1 saturated heterocycles. The summed E-state index contributed by atoms with van der Waals surface area (Å²) in [6, 6.07) is 8.19. The average molecular weight is 392 g/mol. The van der Waals surface area contributed by atoms with Gasteiger partial charge in [0.1, 0.15) is 5.75 Å². The Morgan fingerprint density at radius 3 is 2.24 bits per heavy atom. The van der Waals surface area contributed by atoms with Gasteiger partial charge in [-0.15, -0.1) is 24.8 Å². The van der Waals surface area contributed by atoms with E-state index in [-0.39, 0.29) is 48.7 Å². The molecule has 0 bridgehead atoms. The first kappa shape index (κ1) is 24.0. The first-order valence-electron chi connectivity index (χ1n) is 8.44. The first-order valence-corrected chi connectivity index (χ1v) is 8.44. The van der Waals surface area contributed by atoms with Crippen molar-refractivity contribution in [2.45, 2.75) is 38.8 Å². The molecule has 3 atom stereocenters. The zero-order valence-corrected chi connectivity index (χ0v) is 16.9. The van der Waals surface area contributed by atoms with Crippen LogP contribution in [-0.2, 0) is 4.79 Å². The summed E-state index contributed by atoms with van der Waals surface area (Å²) in [5.41, 5.74) is 7.03. The lowest BCUT2D eigenvalue weighted by Crippen LogP contribution is -2.42. The molecule has 1 aromatic carbocycles. The van der Waals surface area contributed by atoms with Gasteiger partial charge in [0, 0.05) is 18.5 Å². The van der Waals surface area contributed by atoms with Gasteiger partial charge in [0.15, 0.2) is 0 Å². The molecule has 1 aliphatic rings. The van der Waals surface area contributed by atoms with E-state index in [1.165, 1.54) is 18.4 Å². The molecule has 25 heavy (non-hydrogen) atoms. The number of hydrogen-bond acceptors (Lipinski definition) is 4. The summed E-state index contributed by atoms with van der Waals surface area (Å²) in [4.78, 5) is 14.6. The van der Waals surface area contributed by atoms with Crippen LogP contribution in [0.25, 0.3) is 0 Å². The van der Waals surface area contributed by atoms with E-state index in [1.54, 1.807) is 7.11 Å². The third kappa shape index (κ3) is 6.66. The molecular formula is C18H31Cl2N3O2. The third-order valence-electron chi connectivity index (χ3n) is 4.75. The van der Waals surface area contributed by atoms with Crippen molar-refractivity contribution in [3.63, 3.8) is 0 Å². The Morgan fingerprint density at radius 2 is 1.76 bits per heavy atom. The SMILES string of the molecule is COc1ccc(C(CNC(=O)C(C)C(C)N)N2CCCC2)cc1.Cl.Cl. The number of carbonyl (C=O) groups is 1. The van der Waals surface area contributed by atoms with E-state index >= 15 is 0 Å². The normalized spacial score (nSPS) is 17.6. The summed E-state index contributed by atoms with van der Waals surface area (Å²) in [7, 11) is 1.67. The number of ether oxygens (including phenoxy) is 1. The Kier molecular flexibility index (Phi) is 11.1. The number of nitrogens with two attached hydrogens (primary N) is 1. The van der Waals surface area contributed by atoms with Crippen LogP contribution in [0.2, 0.25) is 0 Å². The molecule has 1 aliphatic heterocycles. The smallest absolute Gasteiger partial charge is 0.224 e. The van der Waals surface area contributed by atoms with Crippen molar-refractivity contribution >= 4 is 30.7 Å². The minimum absolute atomic E-state index is 0. The van der Waals surface area contributed by atoms with Crippen molar-refractivity contribution in [1.82, 2.24) is 10.2 Å². The van der Waals surface area contributed by atoms with Crippen LogP contribution in [0, 0.1) is 5.92 Å². The molecule has 0 aliphatic carbocycles. The summed E-state index contributed by atoms with van der Waals surface area (Å²) in [5.74, 6) is 0.700. The molecule has 1 heterocycles. The largest absolute Gasteiger partial charge is 0.497 e. The molecule has 0 spiro atoms. The number of amides is 1. The van der Waals surface area contributed by atoms with Crippen molar-refractivity contribution in [3.8, 4) is 5.75 Å². The maximum Gasteiger partial charge on any atom is 0.224 e. The van der Waals surface area contributed by atoms with Crippen LogP contribution in [0.1, 0.15) is 38.3 Å². The van der Waals surface area contributed by atoms with Gasteiger partial charge in [-0.3, -0.25) is 9.69 Å². The predicted molar refractivity (Wildman–Crippen MR) is 107 cm³/mol. The standard InChI is InChI=1S/C18H29N3O2.2ClH/c1-13(14(2)19)18(22)20-12-17(21-10-4-5-11-21)15-6-8-16(23-3)9-7-15;;/h6-9,13-14,17H,4-5,10-12,19H2,1-3H3,(H,20,22);2*1H. The van der Waals surface area contributed by atoms with Crippen LogP contribution < -0.4 is 15.8 Å². The Bertz CT molecular complexity index is 506. The summed E-state index contributed by atoms with van der Waals surface area (Å²) < 4.78 is 5.23. The zero-order valence-electron chi connectivity index (χ0n) is 15.2. The highest BCUT2D eigenvalue weighted by atomic mass is 35.5. The second-order valence-corrected chi connectivity index (χ2v) is 6.42. The topological polar surface area (TPSA) is 67.6 Å². The van der Waals surface area contributed by atoms with Crippen LogP contribution in [0.3, 0.4) is 0 Å². The lowest BCUT2D eigenvalue weighted by atomic mass is 10.0. The monoisotopic (exact) mass is 391 g/mol. The molecule has 3 N–H and O–H groups in total. The summed E-state index contributed by atoms with van der Waals surface area (Å²) in [6.45, 7) is 6.51. The van der Waals surface area contributed by atoms with Gasteiger partial charge >= 0.3 is 0 Å². The van der Waals surface area contributed by atoms with Gasteiger partial charge in [0.25, 0.3) is 0 Å². The maximum absolute atomic E-state index is 12.2. The molecular weight excluding hydrogens is 361 g/mol. The van der Waals surface area contributed by atoms with Crippen molar-refractivity contribution in [2.75, 3.05) is 26.7 Å². The third-order valence-corrected chi connectivity index (χ3v) is 4.75. The van der Waals surface area contributed by atoms with Crippen LogP contribution in [-0.4, -0.2) is 43.6 Å². The number of likely N-dealkylation sites (tertiary alicyclic amines) is 1. The second-order valence-electron chi connectivity index (χ2n) is 6.42. The molecule has 1 amide bonds. The highest BCUT2D eigenvalue weighted by molar-refractivity contribution is 5.85. The summed E-state index contributed by atoms with van der Waals surface area (Å²) >= 11 is 0. The Labute approximate surface area is 163 Å². The van der Waals surface area contributed by atoms with E-state index < -0.39 is 0 Å². The van der Waals surface area contributed by atoms with Gasteiger partial charge in [0.05, 0.1) is 13.2 Å². The molecule has 0 radical (unpaired) electrons.